The van der Waals surface area contributed by atoms with E-state index in [1.54, 1.807) is 30.3 Å². The molecule has 0 saturated carbocycles. The molecule has 1 heterocycles. The lowest BCUT2D eigenvalue weighted by molar-refractivity contribution is -0.123. The number of carbonyl (C=O) groups is 3. The second-order valence-corrected chi connectivity index (χ2v) is 9.47. The predicted octanol–water partition coefficient (Wildman–Crippen LogP) is 4.74. The number of hydrogen-bond acceptors (Lipinski definition) is 4. The molecule has 7 heteroatoms. The Labute approximate surface area is 195 Å². The average Bonchev–Trinajstić information content (AvgIpc) is 3.07. The van der Waals surface area contributed by atoms with Crippen LogP contribution in [0.4, 0.5) is 17.1 Å². The van der Waals surface area contributed by atoms with Gasteiger partial charge in [-0.25, -0.2) is 0 Å². The number of nitrogens with one attached hydrogen (secondary N) is 3. The first-order chi connectivity index (χ1) is 15.7. The number of anilines is 3. The van der Waals surface area contributed by atoms with Crippen molar-refractivity contribution in [3.63, 3.8) is 0 Å². The van der Waals surface area contributed by atoms with E-state index in [4.69, 9.17) is 0 Å². The zero-order valence-corrected chi connectivity index (χ0v) is 19.7. The summed E-state index contributed by atoms with van der Waals surface area (Å²) < 4.78 is 0. The summed E-state index contributed by atoms with van der Waals surface area (Å²) in [5, 5.41) is 8.80. The minimum Gasteiger partial charge on any atom is -0.376 e. The van der Waals surface area contributed by atoms with E-state index in [-0.39, 0.29) is 24.3 Å². The molecule has 0 unspecified atom stereocenters. The summed E-state index contributed by atoms with van der Waals surface area (Å²) in [4.78, 5) is 39.4. The van der Waals surface area contributed by atoms with Gasteiger partial charge in [0.1, 0.15) is 0 Å². The van der Waals surface area contributed by atoms with Gasteiger partial charge >= 0.3 is 0 Å². The van der Waals surface area contributed by atoms with E-state index in [1.807, 2.05) is 43.9 Å². The van der Waals surface area contributed by atoms with Gasteiger partial charge in [0.05, 0.1) is 6.54 Å². The second kappa shape index (κ2) is 11.0. The lowest BCUT2D eigenvalue weighted by atomic mass is 9.95. The van der Waals surface area contributed by atoms with Crippen LogP contribution in [0.1, 0.15) is 56.8 Å². The number of benzene rings is 2. The average molecular weight is 451 g/mol. The summed E-state index contributed by atoms with van der Waals surface area (Å²) >= 11 is 0. The highest BCUT2D eigenvalue weighted by atomic mass is 16.2. The number of carbonyl (C=O) groups excluding carboxylic acids is 3. The first kappa shape index (κ1) is 24.3. The minimum atomic E-state index is -0.494. The molecule has 3 amide bonds. The van der Waals surface area contributed by atoms with Crippen molar-refractivity contribution in [2.75, 3.05) is 35.6 Å². The van der Waals surface area contributed by atoms with Crippen molar-refractivity contribution in [1.82, 2.24) is 4.90 Å². The SMILES string of the molecule is CC(C)(C)C(=O)Nc1cccc(NCC(=O)Nc2cccc(C(=O)N3CCCCCC3)c2)c1. The highest BCUT2D eigenvalue weighted by Crippen LogP contribution is 2.20. The Morgan fingerprint density at radius 2 is 1.42 bits per heavy atom. The molecule has 3 rings (SSSR count). The van der Waals surface area contributed by atoms with Crippen molar-refractivity contribution in [2.24, 2.45) is 5.41 Å². The van der Waals surface area contributed by atoms with Crippen molar-refractivity contribution in [1.29, 1.82) is 0 Å². The molecule has 7 nitrogen and oxygen atoms in total. The molecule has 0 radical (unpaired) electrons. The summed E-state index contributed by atoms with van der Waals surface area (Å²) in [6, 6.07) is 14.3. The van der Waals surface area contributed by atoms with E-state index in [9.17, 15) is 14.4 Å². The Bertz CT molecular complexity index is 989. The third-order valence-corrected chi connectivity index (χ3v) is 5.54. The molecular weight excluding hydrogens is 416 g/mol. The molecule has 2 aromatic carbocycles. The van der Waals surface area contributed by atoms with E-state index >= 15 is 0 Å². The first-order valence-corrected chi connectivity index (χ1v) is 11.6. The fourth-order valence-corrected chi connectivity index (χ4v) is 3.60. The normalized spacial score (nSPS) is 14.2. The van der Waals surface area contributed by atoms with Crippen molar-refractivity contribution in [2.45, 2.75) is 46.5 Å². The molecule has 1 aliphatic rings. The number of nitrogens with zero attached hydrogens (tertiary/aromatic N) is 1. The largest absolute Gasteiger partial charge is 0.376 e. The molecule has 0 aromatic heterocycles. The van der Waals surface area contributed by atoms with Gasteiger partial charge < -0.3 is 20.9 Å². The van der Waals surface area contributed by atoms with Crippen LogP contribution in [0.25, 0.3) is 0 Å². The zero-order valence-electron chi connectivity index (χ0n) is 19.7. The van der Waals surface area contributed by atoms with Gasteiger partial charge in [0.25, 0.3) is 5.91 Å². The molecule has 0 bridgehead atoms. The summed E-state index contributed by atoms with van der Waals surface area (Å²) in [5.41, 5.74) is 2.08. The summed E-state index contributed by atoms with van der Waals surface area (Å²) in [7, 11) is 0. The van der Waals surface area contributed by atoms with E-state index in [1.165, 1.54) is 12.8 Å². The first-order valence-electron chi connectivity index (χ1n) is 11.6. The molecule has 33 heavy (non-hydrogen) atoms. The Hall–Kier alpha value is -3.35. The van der Waals surface area contributed by atoms with Crippen LogP contribution in [0.2, 0.25) is 0 Å². The summed E-state index contributed by atoms with van der Waals surface area (Å²) in [6.07, 6.45) is 4.40. The Morgan fingerprint density at radius 1 is 0.818 bits per heavy atom. The molecule has 1 saturated heterocycles. The van der Waals surface area contributed by atoms with Crippen LogP contribution in [0.15, 0.2) is 48.5 Å². The molecule has 2 aromatic rings. The molecule has 1 fully saturated rings. The van der Waals surface area contributed by atoms with Crippen LogP contribution < -0.4 is 16.0 Å². The van der Waals surface area contributed by atoms with Crippen LogP contribution in [0.3, 0.4) is 0 Å². The maximum Gasteiger partial charge on any atom is 0.253 e. The zero-order chi connectivity index (χ0) is 23.8. The van der Waals surface area contributed by atoms with Crippen molar-refractivity contribution >= 4 is 34.8 Å². The molecular formula is C26H34N4O3. The highest BCUT2D eigenvalue weighted by Gasteiger charge is 2.21. The second-order valence-electron chi connectivity index (χ2n) is 9.47. The standard InChI is InChI=1S/C26H34N4O3/c1-26(2,3)25(33)29-22-13-9-11-20(17-22)27-18-23(31)28-21-12-8-10-19(16-21)24(32)30-14-6-4-5-7-15-30/h8-13,16-17,27H,4-7,14-15,18H2,1-3H3,(H,28,31)(H,29,33). The van der Waals surface area contributed by atoms with Crippen LogP contribution in [0, 0.1) is 5.41 Å². The Morgan fingerprint density at radius 3 is 2.09 bits per heavy atom. The molecule has 3 N–H and O–H groups in total. The van der Waals surface area contributed by atoms with Gasteiger partial charge in [0.2, 0.25) is 11.8 Å². The van der Waals surface area contributed by atoms with E-state index < -0.39 is 5.41 Å². The van der Waals surface area contributed by atoms with E-state index in [2.05, 4.69) is 16.0 Å². The maximum absolute atomic E-state index is 12.8. The molecule has 1 aliphatic heterocycles. The topological polar surface area (TPSA) is 90.5 Å². The molecule has 176 valence electrons. The van der Waals surface area contributed by atoms with E-state index in [0.29, 0.717) is 16.9 Å². The van der Waals surface area contributed by atoms with Gasteiger partial charge in [0.15, 0.2) is 0 Å². The maximum atomic E-state index is 12.8. The van der Waals surface area contributed by atoms with Crippen molar-refractivity contribution < 1.29 is 14.4 Å². The van der Waals surface area contributed by atoms with Crippen molar-refractivity contribution in [3.8, 4) is 0 Å². The van der Waals surface area contributed by atoms with Gasteiger partial charge in [-0.05, 0) is 49.2 Å². The van der Waals surface area contributed by atoms with Crippen LogP contribution >= 0.6 is 0 Å². The van der Waals surface area contributed by atoms with Crippen LogP contribution in [0.5, 0.6) is 0 Å². The van der Waals surface area contributed by atoms with Crippen LogP contribution in [-0.4, -0.2) is 42.3 Å². The predicted molar refractivity (Wildman–Crippen MR) is 132 cm³/mol. The molecule has 0 spiro atoms. The highest BCUT2D eigenvalue weighted by molar-refractivity contribution is 5.98. The number of likely N-dealkylation sites (tertiary alicyclic amines) is 1. The Kier molecular flexibility index (Phi) is 8.09. The Balaban J connectivity index is 1.55. The van der Waals surface area contributed by atoms with Gasteiger partial charge in [0, 0.05) is 41.1 Å². The minimum absolute atomic E-state index is 0.0141. The van der Waals surface area contributed by atoms with Gasteiger partial charge in [-0.1, -0.05) is 45.7 Å². The molecule has 0 atom stereocenters. The van der Waals surface area contributed by atoms with Gasteiger partial charge in [-0.15, -0.1) is 0 Å². The fourth-order valence-electron chi connectivity index (χ4n) is 3.60. The lowest BCUT2D eigenvalue weighted by Gasteiger charge is -2.20. The fraction of sp³-hybridized carbons (Fsp3) is 0.423. The lowest BCUT2D eigenvalue weighted by Crippen LogP contribution is -2.31. The molecule has 0 aliphatic carbocycles. The number of hydrogen-bond donors (Lipinski definition) is 3. The van der Waals surface area contributed by atoms with Gasteiger partial charge in [-0.2, -0.15) is 0 Å². The third kappa shape index (κ3) is 7.34. The van der Waals surface area contributed by atoms with Crippen LogP contribution in [-0.2, 0) is 9.59 Å². The third-order valence-electron chi connectivity index (χ3n) is 5.54. The summed E-state index contributed by atoms with van der Waals surface area (Å²) in [5.74, 6) is -0.286. The smallest absolute Gasteiger partial charge is 0.253 e. The van der Waals surface area contributed by atoms with E-state index in [0.717, 1.165) is 31.6 Å². The van der Waals surface area contributed by atoms with Crippen molar-refractivity contribution in [3.05, 3.63) is 54.1 Å². The summed E-state index contributed by atoms with van der Waals surface area (Å²) in [6.45, 7) is 7.19. The number of amides is 3. The monoisotopic (exact) mass is 450 g/mol. The number of rotatable bonds is 6. The van der Waals surface area contributed by atoms with Gasteiger partial charge in [-0.3, -0.25) is 14.4 Å². The quantitative estimate of drug-likeness (QED) is 0.593.